The molecule has 0 saturated carbocycles. The van der Waals surface area contributed by atoms with Gasteiger partial charge in [0.1, 0.15) is 17.5 Å². The van der Waals surface area contributed by atoms with Gasteiger partial charge < -0.3 is 4.74 Å². The molecule has 2 aliphatic heterocycles. The predicted octanol–water partition coefficient (Wildman–Crippen LogP) is 3.90. The number of aromatic nitrogens is 1. The number of rotatable bonds is 5. The molecule has 0 aliphatic carbocycles. The maximum absolute atomic E-state index is 13.5. The van der Waals surface area contributed by atoms with Crippen molar-refractivity contribution in [1.29, 1.82) is 0 Å². The second-order valence-electron chi connectivity index (χ2n) is 8.04. The summed E-state index contributed by atoms with van der Waals surface area (Å²) in [6, 6.07) is 14.2. The number of hydrogen-bond donors (Lipinski definition) is 0. The van der Waals surface area contributed by atoms with Crippen LogP contribution in [0.5, 0.6) is 5.75 Å². The molecule has 1 atom stereocenters. The number of benzene rings is 2. The fraction of sp³-hybridized carbons (Fsp3) is 0.208. The van der Waals surface area contributed by atoms with Gasteiger partial charge in [0.25, 0.3) is 21.8 Å². The molecular weight excluding hydrogens is 478 g/mol. The summed E-state index contributed by atoms with van der Waals surface area (Å²) in [7, 11) is -3.91. The summed E-state index contributed by atoms with van der Waals surface area (Å²) in [4.78, 5) is 30.3. The highest BCUT2D eigenvalue weighted by molar-refractivity contribution is 7.92. The average molecular weight is 498 g/mol. The number of amides is 2. The normalized spacial score (nSPS) is 17.4. The van der Waals surface area contributed by atoms with Crippen LogP contribution in [0.3, 0.4) is 0 Å². The van der Waals surface area contributed by atoms with Gasteiger partial charge in [0.15, 0.2) is 0 Å². The molecule has 0 N–H and O–H groups in total. The smallest absolute Gasteiger partial charge is 0.280 e. The van der Waals surface area contributed by atoms with E-state index in [1.807, 2.05) is 6.92 Å². The molecule has 2 aliphatic rings. The minimum Gasteiger partial charge on any atom is -0.486 e. The predicted molar refractivity (Wildman–Crippen MR) is 126 cm³/mol. The van der Waals surface area contributed by atoms with E-state index in [-0.39, 0.29) is 35.3 Å². The van der Waals surface area contributed by atoms with Gasteiger partial charge in [-0.2, -0.15) is 0 Å². The first-order chi connectivity index (χ1) is 16.3. The van der Waals surface area contributed by atoms with Crippen LogP contribution >= 0.6 is 11.6 Å². The lowest BCUT2D eigenvalue weighted by Crippen LogP contribution is -2.43. The number of fused-ring (bicyclic) bond motifs is 2. The van der Waals surface area contributed by atoms with Gasteiger partial charge >= 0.3 is 0 Å². The quantitative estimate of drug-likeness (QED) is 0.496. The van der Waals surface area contributed by atoms with E-state index in [1.54, 1.807) is 42.5 Å². The van der Waals surface area contributed by atoms with E-state index in [4.69, 9.17) is 16.3 Å². The van der Waals surface area contributed by atoms with E-state index in [0.29, 0.717) is 28.4 Å². The number of carbonyl (C=O) groups is 2. The number of anilines is 1. The second-order valence-corrected chi connectivity index (χ2v) is 10.3. The Morgan fingerprint density at radius 2 is 1.85 bits per heavy atom. The molecule has 0 saturated heterocycles. The van der Waals surface area contributed by atoms with Crippen LogP contribution in [-0.2, 0) is 16.6 Å². The Labute approximate surface area is 201 Å². The van der Waals surface area contributed by atoms with E-state index in [0.717, 1.165) is 4.90 Å². The van der Waals surface area contributed by atoms with Gasteiger partial charge in [-0.25, -0.2) is 8.42 Å². The highest BCUT2D eigenvalue weighted by Crippen LogP contribution is 2.39. The van der Waals surface area contributed by atoms with Gasteiger partial charge in [0, 0.05) is 11.2 Å². The van der Waals surface area contributed by atoms with Crippen molar-refractivity contribution in [1.82, 2.24) is 9.88 Å². The number of hydrogen-bond acceptors (Lipinski definition) is 6. The van der Waals surface area contributed by atoms with E-state index in [1.165, 1.54) is 22.6 Å². The molecule has 2 amide bonds. The van der Waals surface area contributed by atoms with Crippen LogP contribution in [-0.4, -0.2) is 42.8 Å². The Kier molecular flexibility index (Phi) is 5.53. The van der Waals surface area contributed by atoms with Crippen LogP contribution in [0.2, 0.25) is 5.02 Å². The van der Waals surface area contributed by atoms with Crippen molar-refractivity contribution in [3.63, 3.8) is 0 Å². The zero-order valence-electron chi connectivity index (χ0n) is 18.1. The van der Waals surface area contributed by atoms with Crippen LogP contribution in [0.25, 0.3) is 0 Å². The van der Waals surface area contributed by atoms with Crippen molar-refractivity contribution in [3.8, 4) is 5.75 Å². The average Bonchev–Trinajstić information content (AvgIpc) is 3.08. The SMILES string of the molecule is CC[C@H]1CN(S(=O)(=O)c2ccc(CN3C(=O)c4cccnc4C3=O)cc2)c2cc(Cl)ccc2O1. The summed E-state index contributed by atoms with van der Waals surface area (Å²) in [5, 5.41) is 0.406. The van der Waals surface area contributed by atoms with Crippen molar-refractivity contribution in [2.24, 2.45) is 0 Å². The Morgan fingerprint density at radius 1 is 1.09 bits per heavy atom. The summed E-state index contributed by atoms with van der Waals surface area (Å²) >= 11 is 6.13. The molecule has 3 heterocycles. The molecule has 8 nitrogen and oxygen atoms in total. The van der Waals surface area contributed by atoms with Crippen molar-refractivity contribution in [2.45, 2.75) is 30.9 Å². The molecule has 0 radical (unpaired) electrons. The monoisotopic (exact) mass is 497 g/mol. The topological polar surface area (TPSA) is 96.9 Å². The van der Waals surface area contributed by atoms with E-state index < -0.39 is 21.8 Å². The van der Waals surface area contributed by atoms with Crippen LogP contribution in [0.1, 0.15) is 39.8 Å². The summed E-state index contributed by atoms with van der Waals surface area (Å²) in [5.74, 6) is -0.427. The van der Waals surface area contributed by atoms with Crippen molar-refractivity contribution < 1.29 is 22.7 Å². The van der Waals surface area contributed by atoms with Crippen molar-refractivity contribution >= 4 is 39.1 Å². The number of carbonyl (C=O) groups excluding carboxylic acids is 2. The highest BCUT2D eigenvalue weighted by atomic mass is 35.5. The van der Waals surface area contributed by atoms with Crippen LogP contribution in [0, 0.1) is 0 Å². The molecule has 0 bridgehead atoms. The van der Waals surface area contributed by atoms with Gasteiger partial charge in [0.05, 0.1) is 29.2 Å². The van der Waals surface area contributed by atoms with E-state index in [2.05, 4.69) is 4.98 Å². The first kappa shape index (κ1) is 22.4. The lowest BCUT2D eigenvalue weighted by atomic mass is 10.2. The van der Waals surface area contributed by atoms with Gasteiger partial charge in [0.2, 0.25) is 0 Å². The molecule has 10 heteroatoms. The molecular formula is C24H20ClN3O5S. The first-order valence-electron chi connectivity index (χ1n) is 10.7. The number of imide groups is 1. The molecule has 34 heavy (non-hydrogen) atoms. The summed E-state index contributed by atoms with van der Waals surface area (Å²) in [6.45, 7) is 2.11. The van der Waals surface area contributed by atoms with Gasteiger partial charge in [-0.1, -0.05) is 30.7 Å². The fourth-order valence-electron chi connectivity index (χ4n) is 4.06. The van der Waals surface area contributed by atoms with E-state index in [9.17, 15) is 18.0 Å². The Balaban J connectivity index is 1.41. The molecule has 5 rings (SSSR count). The molecule has 0 fully saturated rings. The third-order valence-corrected chi connectivity index (χ3v) is 7.92. The summed E-state index contributed by atoms with van der Waals surface area (Å²) in [6.07, 6.45) is 1.82. The minimum absolute atomic E-state index is 0.0161. The summed E-state index contributed by atoms with van der Waals surface area (Å²) in [5.41, 5.74) is 1.40. The molecule has 0 unspecified atom stereocenters. The molecule has 0 spiro atoms. The first-order valence-corrected chi connectivity index (χ1v) is 12.5. The van der Waals surface area contributed by atoms with Gasteiger partial charge in [-0.15, -0.1) is 0 Å². The zero-order chi connectivity index (χ0) is 24.0. The zero-order valence-corrected chi connectivity index (χ0v) is 19.7. The van der Waals surface area contributed by atoms with Crippen molar-refractivity contribution in [2.75, 3.05) is 10.8 Å². The molecule has 174 valence electrons. The number of sulfonamides is 1. The standard InChI is InChI=1S/C24H20ClN3O5S/c1-2-17-14-28(20-12-16(25)7-10-21(20)33-17)34(31,32)18-8-5-15(6-9-18)13-27-23(29)19-4-3-11-26-22(19)24(27)30/h3-12,17H,2,13-14H2,1H3/t17-/m0/s1. The highest BCUT2D eigenvalue weighted by Gasteiger charge is 2.37. The Bertz CT molecular complexity index is 1370. The summed E-state index contributed by atoms with van der Waals surface area (Å²) < 4.78 is 34.3. The number of ether oxygens (including phenoxy) is 1. The third-order valence-electron chi connectivity index (χ3n) is 5.89. The van der Waals surface area contributed by atoms with Crippen molar-refractivity contribution in [3.05, 3.63) is 82.6 Å². The maximum Gasteiger partial charge on any atom is 0.280 e. The number of halogens is 1. The largest absolute Gasteiger partial charge is 0.486 e. The fourth-order valence-corrected chi connectivity index (χ4v) is 5.72. The lowest BCUT2D eigenvalue weighted by Gasteiger charge is -2.35. The minimum atomic E-state index is -3.91. The number of pyridine rings is 1. The lowest BCUT2D eigenvalue weighted by molar-refractivity contribution is 0.0640. The second kappa shape index (κ2) is 8.41. The van der Waals surface area contributed by atoms with E-state index >= 15 is 0 Å². The van der Waals surface area contributed by atoms with Crippen LogP contribution in [0.4, 0.5) is 5.69 Å². The third kappa shape index (κ3) is 3.70. The number of nitrogens with zero attached hydrogens (tertiary/aromatic N) is 3. The molecule has 1 aromatic heterocycles. The van der Waals surface area contributed by atoms with Gasteiger partial charge in [-0.05, 0) is 54.4 Å². The maximum atomic E-state index is 13.5. The molecule has 3 aromatic rings. The van der Waals surface area contributed by atoms with Crippen LogP contribution < -0.4 is 9.04 Å². The van der Waals surface area contributed by atoms with Crippen LogP contribution in [0.15, 0.2) is 65.7 Å². The Morgan fingerprint density at radius 3 is 2.56 bits per heavy atom. The molecule has 2 aromatic carbocycles. The van der Waals surface area contributed by atoms with Gasteiger partial charge in [-0.3, -0.25) is 23.8 Å². The Hall–Kier alpha value is -3.43.